The highest BCUT2D eigenvalue weighted by Crippen LogP contribution is 2.40. The Labute approximate surface area is 129 Å². The number of hydrogen-bond donors (Lipinski definition) is 2. The van der Waals surface area contributed by atoms with Crippen molar-refractivity contribution in [1.29, 1.82) is 0 Å². The van der Waals surface area contributed by atoms with Gasteiger partial charge >= 0.3 is 0 Å². The van der Waals surface area contributed by atoms with Crippen LogP contribution in [0, 0.1) is 0 Å². The molecule has 2 aromatic carbocycles. The summed E-state index contributed by atoms with van der Waals surface area (Å²) in [6.07, 6.45) is 2.22. The maximum atomic E-state index is 10.1. The van der Waals surface area contributed by atoms with Crippen LogP contribution in [0.1, 0.15) is 23.5 Å². The van der Waals surface area contributed by atoms with E-state index in [1.807, 2.05) is 12.1 Å². The Kier molecular flexibility index (Phi) is 4.08. The predicted molar refractivity (Wildman–Crippen MR) is 87.3 cm³/mol. The van der Waals surface area contributed by atoms with E-state index in [2.05, 4.69) is 41.9 Å². The molecular formula is C17H19NO2S. The summed E-state index contributed by atoms with van der Waals surface area (Å²) in [5.41, 5.74) is 3.38. The highest BCUT2D eigenvalue weighted by Gasteiger charge is 2.27. The summed E-state index contributed by atoms with van der Waals surface area (Å²) < 4.78 is 5.33. The SMILES string of the molecule is COc1ccc2c(c1)C(c1ccc(SC)cc1)CC(O)N2. The molecule has 2 N–H and O–H groups in total. The summed E-state index contributed by atoms with van der Waals surface area (Å²) in [5, 5.41) is 13.2. The van der Waals surface area contributed by atoms with Gasteiger partial charge in [0, 0.05) is 22.9 Å². The Morgan fingerprint density at radius 3 is 2.62 bits per heavy atom. The number of anilines is 1. The average molecular weight is 301 g/mol. The summed E-state index contributed by atoms with van der Waals surface area (Å²) >= 11 is 1.73. The van der Waals surface area contributed by atoms with Gasteiger partial charge in [-0.3, -0.25) is 0 Å². The van der Waals surface area contributed by atoms with Crippen LogP contribution in [0.3, 0.4) is 0 Å². The third-order valence-corrected chi connectivity index (χ3v) is 4.68. The molecule has 3 nitrogen and oxygen atoms in total. The van der Waals surface area contributed by atoms with E-state index >= 15 is 0 Å². The molecule has 2 aromatic rings. The van der Waals surface area contributed by atoms with Crippen molar-refractivity contribution in [2.75, 3.05) is 18.7 Å². The number of aliphatic hydroxyl groups excluding tert-OH is 1. The normalized spacial score (nSPS) is 20.5. The number of thioether (sulfide) groups is 1. The molecule has 1 aliphatic rings. The number of aliphatic hydroxyl groups is 1. The van der Waals surface area contributed by atoms with Crippen LogP contribution in [-0.2, 0) is 0 Å². The van der Waals surface area contributed by atoms with Crippen molar-refractivity contribution in [1.82, 2.24) is 0 Å². The van der Waals surface area contributed by atoms with Gasteiger partial charge in [-0.15, -0.1) is 11.8 Å². The molecule has 0 aromatic heterocycles. The third kappa shape index (κ3) is 2.87. The zero-order chi connectivity index (χ0) is 14.8. The van der Waals surface area contributed by atoms with Crippen molar-refractivity contribution in [2.45, 2.75) is 23.5 Å². The van der Waals surface area contributed by atoms with Crippen LogP contribution in [0.15, 0.2) is 47.4 Å². The zero-order valence-electron chi connectivity index (χ0n) is 12.2. The molecule has 1 aliphatic heterocycles. The average Bonchev–Trinajstić information content (AvgIpc) is 2.53. The Morgan fingerprint density at radius 2 is 1.95 bits per heavy atom. The van der Waals surface area contributed by atoms with E-state index in [0.29, 0.717) is 6.42 Å². The quantitative estimate of drug-likeness (QED) is 0.849. The van der Waals surface area contributed by atoms with Crippen molar-refractivity contribution in [3.8, 4) is 5.75 Å². The number of methoxy groups -OCH3 is 1. The lowest BCUT2D eigenvalue weighted by atomic mass is 9.84. The first-order valence-corrected chi connectivity index (χ1v) is 8.20. The van der Waals surface area contributed by atoms with Crippen molar-refractivity contribution in [2.24, 2.45) is 0 Å². The molecule has 110 valence electrons. The standard InChI is InChI=1S/C17H19NO2S/c1-20-12-5-8-16-15(9-12)14(10-17(19)18-16)11-3-6-13(21-2)7-4-11/h3-9,14,17-19H,10H2,1-2H3. The van der Waals surface area contributed by atoms with Crippen LogP contribution in [0.5, 0.6) is 5.75 Å². The van der Waals surface area contributed by atoms with Crippen LogP contribution >= 0.6 is 11.8 Å². The van der Waals surface area contributed by atoms with Crippen molar-refractivity contribution < 1.29 is 9.84 Å². The largest absolute Gasteiger partial charge is 0.497 e. The molecule has 2 atom stereocenters. The Bertz CT molecular complexity index is 627. The molecule has 1 heterocycles. The fraction of sp³-hybridized carbons (Fsp3) is 0.294. The summed E-state index contributed by atoms with van der Waals surface area (Å²) in [6, 6.07) is 14.5. The van der Waals surface area contributed by atoms with Gasteiger partial charge in [-0.2, -0.15) is 0 Å². The molecule has 0 spiro atoms. The molecule has 0 fully saturated rings. The molecule has 0 radical (unpaired) electrons. The van der Waals surface area contributed by atoms with E-state index in [4.69, 9.17) is 4.74 Å². The zero-order valence-corrected chi connectivity index (χ0v) is 13.0. The van der Waals surface area contributed by atoms with Gasteiger partial charge in [0.1, 0.15) is 12.0 Å². The lowest BCUT2D eigenvalue weighted by molar-refractivity contribution is 0.182. The van der Waals surface area contributed by atoms with Crippen LogP contribution in [0.25, 0.3) is 0 Å². The summed E-state index contributed by atoms with van der Waals surface area (Å²) in [4.78, 5) is 1.25. The van der Waals surface area contributed by atoms with Gasteiger partial charge in [0.05, 0.1) is 7.11 Å². The maximum Gasteiger partial charge on any atom is 0.125 e. The highest BCUT2D eigenvalue weighted by atomic mass is 32.2. The molecule has 0 amide bonds. The van der Waals surface area contributed by atoms with Gasteiger partial charge in [0.15, 0.2) is 0 Å². The monoisotopic (exact) mass is 301 g/mol. The van der Waals surface area contributed by atoms with E-state index in [0.717, 1.165) is 11.4 Å². The molecule has 0 saturated heterocycles. The topological polar surface area (TPSA) is 41.5 Å². The highest BCUT2D eigenvalue weighted by molar-refractivity contribution is 7.98. The molecule has 0 saturated carbocycles. The Balaban J connectivity index is 2.02. The van der Waals surface area contributed by atoms with Gasteiger partial charge in [0.2, 0.25) is 0 Å². The smallest absolute Gasteiger partial charge is 0.125 e. The minimum Gasteiger partial charge on any atom is -0.497 e. The molecule has 21 heavy (non-hydrogen) atoms. The van der Waals surface area contributed by atoms with Gasteiger partial charge in [0.25, 0.3) is 0 Å². The lowest BCUT2D eigenvalue weighted by Crippen LogP contribution is -2.28. The van der Waals surface area contributed by atoms with Crippen LogP contribution < -0.4 is 10.1 Å². The second-order valence-electron chi connectivity index (χ2n) is 5.17. The second-order valence-corrected chi connectivity index (χ2v) is 6.05. The van der Waals surface area contributed by atoms with E-state index in [9.17, 15) is 5.11 Å². The Morgan fingerprint density at radius 1 is 1.19 bits per heavy atom. The molecular weight excluding hydrogens is 282 g/mol. The van der Waals surface area contributed by atoms with Gasteiger partial charge in [-0.1, -0.05) is 12.1 Å². The number of fused-ring (bicyclic) bond motifs is 1. The first kappa shape index (κ1) is 14.3. The van der Waals surface area contributed by atoms with E-state index in [1.165, 1.54) is 16.0 Å². The van der Waals surface area contributed by atoms with Crippen molar-refractivity contribution in [3.63, 3.8) is 0 Å². The first-order valence-electron chi connectivity index (χ1n) is 6.97. The Hall–Kier alpha value is -1.65. The summed E-state index contributed by atoms with van der Waals surface area (Å²) in [5.74, 6) is 1.03. The number of benzene rings is 2. The van der Waals surface area contributed by atoms with Crippen molar-refractivity contribution >= 4 is 17.4 Å². The molecule has 0 bridgehead atoms. The third-order valence-electron chi connectivity index (χ3n) is 3.93. The fourth-order valence-corrected chi connectivity index (χ4v) is 3.24. The van der Waals surface area contributed by atoms with Gasteiger partial charge in [-0.25, -0.2) is 0 Å². The summed E-state index contributed by atoms with van der Waals surface area (Å²) in [7, 11) is 1.68. The van der Waals surface area contributed by atoms with Crippen molar-refractivity contribution in [3.05, 3.63) is 53.6 Å². The molecule has 4 heteroatoms. The van der Waals surface area contributed by atoms with Crippen LogP contribution in [0.2, 0.25) is 0 Å². The van der Waals surface area contributed by atoms with E-state index < -0.39 is 6.23 Å². The number of ether oxygens (including phenoxy) is 1. The maximum absolute atomic E-state index is 10.1. The second kappa shape index (κ2) is 6.00. The van der Waals surface area contributed by atoms with E-state index in [1.54, 1.807) is 18.9 Å². The minimum atomic E-state index is -0.517. The molecule has 2 unspecified atom stereocenters. The number of rotatable bonds is 3. The van der Waals surface area contributed by atoms with E-state index in [-0.39, 0.29) is 5.92 Å². The predicted octanol–water partition coefficient (Wildman–Crippen LogP) is 3.68. The molecule has 0 aliphatic carbocycles. The van der Waals surface area contributed by atoms with Crippen LogP contribution in [0.4, 0.5) is 5.69 Å². The molecule has 3 rings (SSSR count). The van der Waals surface area contributed by atoms with Gasteiger partial charge < -0.3 is 15.2 Å². The van der Waals surface area contributed by atoms with Gasteiger partial charge in [-0.05, 0) is 47.7 Å². The number of nitrogens with one attached hydrogen (secondary N) is 1. The first-order chi connectivity index (χ1) is 10.2. The fourth-order valence-electron chi connectivity index (χ4n) is 2.83. The summed E-state index contributed by atoms with van der Waals surface area (Å²) in [6.45, 7) is 0. The minimum absolute atomic E-state index is 0.183. The lowest BCUT2D eigenvalue weighted by Gasteiger charge is -2.31. The number of hydrogen-bond acceptors (Lipinski definition) is 4. The van der Waals surface area contributed by atoms with Crippen LogP contribution in [-0.4, -0.2) is 24.7 Å².